The number of nitrogens with one attached hydrogen (secondary N) is 1. The molecule has 0 saturated carbocycles. The lowest BCUT2D eigenvalue weighted by atomic mass is 10.1. The van der Waals surface area contributed by atoms with Gasteiger partial charge in [0.1, 0.15) is 5.75 Å². The Morgan fingerprint density at radius 1 is 1.29 bits per heavy atom. The smallest absolute Gasteiger partial charge is 0.387 e. The zero-order chi connectivity index (χ0) is 17.9. The zero-order valence-electron chi connectivity index (χ0n) is 11.7. The summed E-state index contributed by atoms with van der Waals surface area (Å²) in [5, 5.41) is 22.2. The zero-order valence-corrected chi connectivity index (χ0v) is 11.7. The molecule has 0 unspecified atom stereocenters. The van der Waals surface area contributed by atoms with Gasteiger partial charge in [0.15, 0.2) is 5.82 Å². The van der Waals surface area contributed by atoms with Crippen molar-refractivity contribution in [3.8, 4) is 5.75 Å². The van der Waals surface area contributed by atoms with Gasteiger partial charge in [0, 0.05) is 17.8 Å². The summed E-state index contributed by atoms with van der Waals surface area (Å²) >= 11 is 0. The Morgan fingerprint density at radius 3 is 2.58 bits per heavy atom. The number of halogens is 3. The van der Waals surface area contributed by atoms with Crippen LogP contribution in [-0.2, 0) is 0 Å². The molecule has 0 aliphatic heterocycles. The van der Waals surface area contributed by atoms with E-state index in [1.54, 1.807) is 0 Å². The summed E-state index contributed by atoms with van der Waals surface area (Å²) in [5.74, 6) is -3.00. The first kappa shape index (κ1) is 17.1. The third-order valence-corrected chi connectivity index (χ3v) is 2.84. The molecule has 0 amide bonds. The van der Waals surface area contributed by atoms with Crippen molar-refractivity contribution in [2.45, 2.75) is 6.61 Å². The molecule has 2 rings (SSSR count). The number of carboxylic acids is 1. The number of rotatable bonds is 6. The van der Waals surface area contributed by atoms with Crippen molar-refractivity contribution in [3.63, 3.8) is 0 Å². The third-order valence-electron chi connectivity index (χ3n) is 2.84. The molecule has 0 atom stereocenters. The van der Waals surface area contributed by atoms with Crippen LogP contribution in [0.3, 0.4) is 0 Å². The number of carboxylic acid groups (broad SMARTS) is 1. The van der Waals surface area contributed by atoms with E-state index in [1.807, 2.05) is 0 Å². The van der Waals surface area contributed by atoms with Crippen LogP contribution in [0.1, 0.15) is 10.4 Å². The average Bonchev–Trinajstić information content (AvgIpc) is 2.48. The Bertz CT molecular complexity index is 798. The van der Waals surface area contributed by atoms with Gasteiger partial charge in [0.25, 0.3) is 5.69 Å². The van der Waals surface area contributed by atoms with E-state index >= 15 is 0 Å². The quantitative estimate of drug-likeness (QED) is 0.612. The molecule has 0 spiro atoms. The number of nitro benzene ring substituents is 1. The maximum atomic E-state index is 14.0. The number of carbonyl (C=O) groups is 1. The Balaban J connectivity index is 2.42. The van der Waals surface area contributed by atoms with Crippen LogP contribution in [0.15, 0.2) is 36.4 Å². The predicted molar refractivity (Wildman–Crippen MR) is 76.4 cm³/mol. The van der Waals surface area contributed by atoms with E-state index in [1.165, 1.54) is 18.2 Å². The second-order valence-electron chi connectivity index (χ2n) is 4.44. The van der Waals surface area contributed by atoms with Gasteiger partial charge in [0.2, 0.25) is 0 Å². The summed E-state index contributed by atoms with van der Waals surface area (Å²) < 4.78 is 42.6. The fourth-order valence-corrected chi connectivity index (χ4v) is 1.89. The first-order valence-electron chi connectivity index (χ1n) is 6.31. The number of benzene rings is 2. The van der Waals surface area contributed by atoms with Crippen molar-refractivity contribution in [2.75, 3.05) is 5.32 Å². The summed E-state index contributed by atoms with van der Waals surface area (Å²) in [4.78, 5) is 20.9. The molecule has 0 heterocycles. The molecule has 0 radical (unpaired) electrons. The number of aromatic carboxylic acids is 1. The number of ether oxygens (including phenoxy) is 1. The summed E-state index contributed by atoms with van der Waals surface area (Å²) in [6.45, 7) is -3.06. The summed E-state index contributed by atoms with van der Waals surface area (Å²) in [7, 11) is 0. The van der Waals surface area contributed by atoms with Gasteiger partial charge >= 0.3 is 12.6 Å². The molecule has 0 fully saturated rings. The molecular weight excluding hydrogens is 333 g/mol. The van der Waals surface area contributed by atoms with Gasteiger partial charge in [-0.3, -0.25) is 10.1 Å². The van der Waals surface area contributed by atoms with Crippen LogP contribution in [0.5, 0.6) is 5.75 Å². The lowest BCUT2D eigenvalue weighted by molar-refractivity contribution is -0.385. The van der Waals surface area contributed by atoms with Crippen molar-refractivity contribution < 1.29 is 32.7 Å². The van der Waals surface area contributed by atoms with Crippen LogP contribution >= 0.6 is 0 Å². The number of alkyl halides is 2. The predicted octanol–water partition coefficient (Wildman–Crippen LogP) is 3.78. The van der Waals surface area contributed by atoms with Crippen molar-refractivity contribution >= 4 is 23.0 Å². The molecule has 126 valence electrons. The van der Waals surface area contributed by atoms with Crippen molar-refractivity contribution in [3.05, 3.63) is 57.9 Å². The topological polar surface area (TPSA) is 102 Å². The molecule has 0 bridgehead atoms. The van der Waals surface area contributed by atoms with Crippen molar-refractivity contribution in [1.29, 1.82) is 0 Å². The molecule has 10 heteroatoms. The van der Waals surface area contributed by atoms with E-state index in [9.17, 15) is 28.1 Å². The van der Waals surface area contributed by atoms with Gasteiger partial charge < -0.3 is 15.2 Å². The van der Waals surface area contributed by atoms with Crippen LogP contribution < -0.4 is 10.1 Å². The second kappa shape index (κ2) is 6.86. The van der Waals surface area contributed by atoms with E-state index in [4.69, 9.17) is 5.11 Å². The van der Waals surface area contributed by atoms with Gasteiger partial charge in [-0.05, 0) is 12.1 Å². The highest BCUT2D eigenvalue weighted by Gasteiger charge is 2.21. The first-order valence-corrected chi connectivity index (χ1v) is 6.31. The normalized spacial score (nSPS) is 10.5. The summed E-state index contributed by atoms with van der Waals surface area (Å²) in [6.07, 6.45) is 0. The Labute approximate surface area is 132 Å². The lowest BCUT2D eigenvalue weighted by Gasteiger charge is -2.12. The lowest BCUT2D eigenvalue weighted by Crippen LogP contribution is -2.07. The molecular formula is C14H9F3N2O5. The van der Waals surface area contributed by atoms with E-state index in [0.29, 0.717) is 12.1 Å². The minimum atomic E-state index is -3.06. The van der Waals surface area contributed by atoms with Crippen LogP contribution in [0.2, 0.25) is 0 Å². The van der Waals surface area contributed by atoms with E-state index in [0.717, 1.165) is 6.07 Å². The Hall–Kier alpha value is -3.30. The van der Waals surface area contributed by atoms with Crippen LogP contribution in [0.4, 0.5) is 30.2 Å². The summed E-state index contributed by atoms with van der Waals surface area (Å²) in [5.41, 5.74) is -1.89. The molecule has 0 aromatic heterocycles. The number of nitro groups is 1. The monoisotopic (exact) mass is 342 g/mol. The molecule has 0 aliphatic carbocycles. The SMILES string of the molecule is O=C(O)c1cc([N+](=O)[O-])cc(F)c1Nc1cccc(OC(F)F)c1. The molecule has 24 heavy (non-hydrogen) atoms. The van der Waals surface area contributed by atoms with Gasteiger partial charge in [-0.25, -0.2) is 9.18 Å². The Kier molecular flexibility index (Phi) is 4.87. The highest BCUT2D eigenvalue weighted by Crippen LogP contribution is 2.30. The number of nitrogens with zero attached hydrogens (tertiary/aromatic N) is 1. The second-order valence-corrected chi connectivity index (χ2v) is 4.44. The highest BCUT2D eigenvalue weighted by atomic mass is 19.3. The van der Waals surface area contributed by atoms with Crippen molar-refractivity contribution in [1.82, 2.24) is 0 Å². The Morgan fingerprint density at radius 2 is 2.00 bits per heavy atom. The van der Waals surface area contributed by atoms with Gasteiger partial charge in [-0.1, -0.05) is 6.07 Å². The molecule has 2 N–H and O–H groups in total. The van der Waals surface area contributed by atoms with E-state index in [-0.39, 0.29) is 11.4 Å². The summed E-state index contributed by atoms with van der Waals surface area (Å²) in [6, 6.07) is 6.23. The van der Waals surface area contributed by atoms with Crippen LogP contribution in [0, 0.1) is 15.9 Å². The van der Waals surface area contributed by atoms with Crippen LogP contribution in [0.25, 0.3) is 0 Å². The molecule has 2 aromatic carbocycles. The number of hydrogen-bond acceptors (Lipinski definition) is 5. The van der Waals surface area contributed by atoms with Gasteiger partial charge in [-0.15, -0.1) is 0 Å². The highest BCUT2D eigenvalue weighted by molar-refractivity contribution is 5.96. The van der Waals surface area contributed by atoms with Gasteiger partial charge in [-0.2, -0.15) is 8.78 Å². The molecule has 2 aromatic rings. The minimum Gasteiger partial charge on any atom is -0.478 e. The number of non-ortho nitro benzene ring substituents is 1. The maximum absolute atomic E-state index is 14.0. The third kappa shape index (κ3) is 3.91. The maximum Gasteiger partial charge on any atom is 0.387 e. The molecule has 7 nitrogen and oxygen atoms in total. The number of hydrogen-bond donors (Lipinski definition) is 2. The van der Waals surface area contributed by atoms with Crippen LogP contribution in [-0.4, -0.2) is 22.6 Å². The first-order chi connectivity index (χ1) is 11.3. The van der Waals surface area contributed by atoms with E-state index in [2.05, 4.69) is 10.1 Å². The largest absolute Gasteiger partial charge is 0.478 e. The van der Waals surface area contributed by atoms with Gasteiger partial charge in [0.05, 0.1) is 22.2 Å². The minimum absolute atomic E-state index is 0.0587. The van der Waals surface area contributed by atoms with E-state index < -0.39 is 40.3 Å². The standard InChI is InChI=1S/C14H9F3N2O5/c15-11-6-8(19(22)23)5-10(13(20)21)12(11)18-7-2-1-3-9(4-7)24-14(16)17/h1-6,14,18H,(H,20,21). The molecule has 0 saturated heterocycles. The fourth-order valence-electron chi connectivity index (χ4n) is 1.89. The number of anilines is 2. The van der Waals surface area contributed by atoms with Crippen molar-refractivity contribution in [2.24, 2.45) is 0 Å². The fraction of sp³-hybridized carbons (Fsp3) is 0.0714. The molecule has 0 aliphatic rings. The average molecular weight is 342 g/mol.